The van der Waals surface area contributed by atoms with Crippen molar-refractivity contribution in [2.24, 2.45) is 0 Å². The molecule has 0 spiro atoms. The Kier molecular flexibility index (Phi) is 2.16. The molecule has 0 bridgehead atoms. The fraction of sp³-hybridized carbons (Fsp3) is 0. The number of halogens is 1. The lowest BCUT2D eigenvalue weighted by molar-refractivity contribution is 0.543. The molecule has 0 aliphatic heterocycles. The second kappa shape index (κ2) is 3.32. The Hall–Kier alpha value is -1.13. The quantitative estimate of drug-likeness (QED) is 0.731. The summed E-state index contributed by atoms with van der Waals surface area (Å²) in [5.41, 5.74) is 0.714. The molecule has 66 valence electrons. The summed E-state index contributed by atoms with van der Waals surface area (Å²) in [6.07, 6.45) is 0. The summed E-state index contributed by atoms with van der Waals surface area (Å²) in [7, 11) is 0. The number of aromatic nitrogens is 1. The van der Waals surface area contributed by atoms with Crippen molar-refractivity contribution < 1.29 is 4.42 Å². The summed E-state index contributed by atoms with van der Waals surface area (Å²) in [5, 5.41) is 0.591. The van der Waals surface area contributed by atoms with Crippen LogP contribution in [0.1, 0.15) is 0 Å². The third-order valence-corrected chi connectivity index (χ3v) is 2.18. The fourth-order valence-corrected chi connectivity index (χ4v) is 1.53. The molecule has 0 amide bonds. The zero-order chi connectivity index (χ0) is 9.26. The van der Waals surface area contributed by atoms with E-state index < -0.39 is 4.94 Å². The molecule has 0 aliphatic rings. The van der Waals surface area contributed by atoms with Gasteiger partial charge in [-0.2, -0.15) is 0 Å². The van der Waals surface area contributed by atoms with Crippen molar-refractivity contribution in [3.8, 4) is 11.5 Å². The first kappa shape index (κ1) is 8.47. The van der Waals surface area contributed by atoms with E-state index in [-0.39, 0.29) is 0 Å². The maximum atomic E-state index is 10.7. The molecule has 0 unspecified atom stereocenters. The Morgan fingerprint density at radius 2 is 2.31 bits per heavy atom. The lowest BCUT2D eigenvalue weighted by Crippen LogP contribution is -1.82. The number of rotatable bonds is 1. The largest absolute Gasteiger partial charge is 0.414 e. The Balaban J connectivity index is 2.52. The van der Waals surface area contributed by atoms with E-state index in [1.807, 2.05) is 0 Å². The van der Waals surface area contributed by atoms with Crippen LogP contribution in [-0.2, 0) is 0 Å². The maximum Gasteiger partial charge on any atom is 0.414 e. The summed E-state index contributed by atoms with van der Waals surface area (Å²) in [4.78, 5) is 10.3. The average molecular weight is 214 g/mol. The molecular weight excluding hydrogens is 210 g/mol. The van der Waals surface area contributed by atoms with Crippen LogP contribution in [0, 0.1) is 0 Å². The molecule has 0 saturated heterocycles. The molecule has 2 rings (SSSR count). The number of hydrogen-bond acceptors (Lipinski definition) is 4. The minimum Gasteiger partial charge on any atom is -0.394 e. The lowest BCUT2D eigenvalue weighted by atomic mass is 10.2. The molecule has 0 fully saturated rings. The normalized spacial score (nSPS) is 10.2. The molecule has 2 aromatic rings. The molecule has 0 N–H and O–H groups in total. The summed E-state index contributed by atoms with van der Waals surface area (Å²) < 4.78 is 8.65. The van der Waals surface area contributed by atoms with Gasteiger partial charge in [0.05, 0.1) is 11.5 Å². The highest BCUT2D eigenvalue weighted by Crippen LogP contribution is 2.20. The summed E-state index contributed by atoms with van der Waals surface area (Å²) in [5.74, 6) is 0.317. The Morgan fingerprint density at radius 1 is 1.46 bits per heavy atom. The molecule has 0 atom stereocenters. The molecule has 0 radical (unpaired) electrons. The van der Waals surface area contributed by atoms with Gasteiger partial charge in [0.2, 0.25) is 5.89 Å². The first-order chi connectivity index (χ1) is 6.25. The number of hydrogen-bond donors (Lipinski definition) is 0. The first-order valence-electron chi connectivity index (χ1n) is 3.48. The number of benzene rings is 1. The zero-order valence-corrected chi connectivity index (χ0v) is 7.93. The van der Waals surface area contributed by atoms with Crippen molar-refractivity contribution in [3.63, 3.8) is 0 Å². The molecular formula is C8H4ClNO2S. The van der Waals surface area contributed by atoms with E-state index in [1.165, 1.54) is 0 Å². The van der Waals surface area contributed by atoms with Gasteiger partial charge in [0, 0.05) is 10.6 Å². The van der Waals surface area contributed by atoms with Gasteiger partial charge in [0.1, 0.15) is 0 Å². The predicted molar refractivity (Wildman–Crippen MR) is 51.1 cm³/mol. The molecule has 1 aromatic carbocycles. The van der Waals surface area contributed by atoms with E-state index in [0.29, 0.717) is 16.5 Å². The van der Waals surface area contributed by atoms with Crippen molar-refractivity contribution in [1.29, 1.82) is 0 Å². The lowest BCUT2D eigenvalue weighted by Gasteiger charge is -1.93. The second-order valence-electron chi connectivity index (χ2n) is 2.35. The van der Waals surface area contributed by atoms with Gasteiger partial charge >= 0.3 is 4.94 Å². The van der Waals surface area contributed by atoms with Gasteiger partial charge in [-0.3, -0.25) is 0 Å². The summed E-state index contributed by atoms with van der Waals surface area (Å²) in [6.45, 7) is 0. The Labute approximate surface area is 82.8 Å². The second-order valence-corrected chi connectivity index (χ2v) is 3.49. The van der Waals surface area contributed by atoms with Gasteiger partial charge in [-0.25, -0.2) is 4.79 Å². The van der Waals surface area contributed by atoms with Gasteiger partial charge in [0.15, 0.2) is 0 Å². The van der Waals surface area contributed by atoms with E-state index in [1.54, 1.807) is 24.3 Å². The minimum absolute atomic E-state index is 0.317. The third kappa shape index (κ3) is 1.79. The zero-order valence-electron chi connectivity index (χ0n) is 6.36. The van der Waals surface area contributed by atoms with Crippen molar-refractivity contribution >= 4 is 23.1 Å². The van der Waals surface area contributed by atoms with Gasteiger partial charge in [-0.05, 0) is 18.2 Å². The van der Waals surface area contributed by atoms with Crippen molar-refractivity contribution in [2.75, 3.05) is 0 Å². The summed E-state index contributed by atoms with van der Waals surface area (Å²) in [6, 6.07) is 7.00. The van der Waals surface area contributed by atoms with E-state index >= 15 is 0 Å². The van der Waals surface area contributed by atoms with Gasteiger partial charge in [-0.15, -0.1) is 4.37 Å². The molecule has 1 aromatic heterocycles. The Bertz CT molecular complexity index is 477. The molecule has 5 heteroatoms. The smallest absolute Gasteiger partial charge is 0.394 e. The van der Waals surface area contributed by atoms with Crippen LogP contribution in [0.5, 0.6) is 0 Å². The van der Waals surface area contributed by atoms with Gasteiger partial charge in [0.25, 0.3) is 0 Å². The average Bonchev–Trinajstić information content (AvgIpc) is 2.52. The van der Waals surface area contributed by atoms with Gasteiger partial charge in [-0.1, -0.05) is 17.7 Å². The van der Waals surface area contributed by atoms with E-state index in [2.05, 4.69) is 4.37 Å². The van der Waals surface area contributed by atoms with Crippen LogP contribution in [0.2, 0.25) is 5.02 Å². The SMILES string of the molecule is O=c1oc(-c2cccc(Cl)c2)ns1. The van der Waals surface area contributed by atoms with E-state index in [9.17, 15) is 4.79 Å². The van der Waals surface area contributed by atoms with Crippen molar-refractivity contribution in [2.45, 2.75) is 0 Å². The van der Waals surface area contributed by atoms with Crippen LogP contribution in [0.4, 0.5) is 0 Å². The van der Waals surface area contributed by atoms with E-state index in [4.69, 9.17) is 16.0 Å². The topological polar surface area (TPSA) is 43.1 Å². The Morgan fingerprint density at radius 3 is 2.92 bits per heavy atom. The molecule has 1 heterocycles. The van der Waals surface area contributed by atoms with Crippen LogP contribution in [-0.4, -0.2) is 4.37 Å². The highest BCUT2D eigenvalue weighted by Gasteiger charge is 2.04. The fourth-order valence-electron chi connectivity index (χ4n) is 0.928. The van der Waals surface area contributed by atoms with Crippen LogP contribution >= 0.6 is 23.1 Å². The maximum absolute atomic E-state index is 10.7. The van der Waals surface area contributed by atoms with Crippen LogP contribution < -0.4 is 4.94 Å². The molecule has 0 aliphatic carbocycles. The molecule has 13 heavy (non-hydrogen) atoms. The van der Waals surface area contributed by atoms with Crippen LogP contribution in [0.3, 0.4) is 0 Å². The third-order valence-electron chi connectivity index (χ3n) is 1.45. The minimum atomic E-state index is -0.407. The standard InChI is InChI=1S/C8H4ClNO2S/c9-6-3-1-2-5(4-6)7-10-13-8(11)12-7/h1-4H. The summed E-state index contributed by atoms with van der Waals surface area (Å²) >= 11 is 6.55. The monoisotopic (exact) mass is 213 g/mol. The van der Waals surface area contributed by atoms with E-state index in [0.717, 1.165) is 11.5 Å². The highest BCUT2D eigenvalue weighted by atomic mass is 35.5. The first-order valence-corrected chi connectivity index (χ1v) is 4.63. The number of nitrogens with zero attached hydrogens (tertiary/aromatic N) is 1. The van der Waals surface area contributed by atoms with Crippen molar-refractivity contribution in [1.82, 2.24) is 4.37 Å². The molecule has 0 saturated carbocycles. The van der Waals surface area contributed by atoms with Gasteiger partial charge < -0.3 is 4.42 Å². The molecule has 3 nitrogen and oxygen atoms in total. The highest BCUT2D eigenvalue weighted by molar-refractivity contribution is 7.02. The van der Waals surface area contributed by atoms with Crippen LogP contribution in [0.15, 0.2) is 33.5 Å². The van der Waals surface area contributed by atoms with Crippen LogP contribution in [0.25, 0.3) is 11.5 Å². The van der Waals surface area contributed by atoms with Crippen molar-refractivity contribution in [3.05, 3.63) is 39.0 Å². The predicted octanol–water partition coefficient (Wildman–Crippen LogP) is 2.42.